The van der Waals surface area contributed by atoms with Crippen LogP contribution in [0.4, 0.5) is 0 Å². The molecular weight excluding hydrogens is 226 g/mol. The van der Waals surface area contributed by atoms with Gasteiger partial charge in [0, 0.05) is 11.8 Å². The van der Waals surface area contributed by atoms with E-state index < -0.39 is 0 Å². The lowest BCUT2D eigenvalue weighted by Gasteiger charge is -2.15. The van der Waals surface area contributed by atoms with Crippen molar-refractivity contribution in [2.45, 2.75) is 13.1 Å². The lowest BCUT2D eigenvalue weighted by atomic mass is 9.94. The summed E-state index contributed by atoms with van der Waals surface area (Å²) in [7, 11) is 0. The summed E-state index contributed by atoms with van der Waals surface area (Å²) in [5.74, 6) is 0.0140. The number of Topliss-reactive ketones (excluding diaryl/α,β-unsaturated/α-hetero) is 1. The molecule has 0 fully saturated rings. The van der Waals surface area contributed by atoms with Gasteiger partial charge in [0.1, 0.15) is 12.5 Å². The Morgan fingerprint density at radius 2 is 2.06 bits per heavy atom. The predicted molar refractivity (Wildman–Crippen MR) is 71.4 cm³/mol. The van der Waals surface area contributed by atoms with Gasteiger partial charge in [-0.15, -0.1) is 0 Å². The molecule has 0 spiro atoms. The molecule has 2 atom stereocenters. The van der Waals surface area contributed by atoms with Gasteiger partial charge in [0.2, 0.25) is 0 Å². The van der Waals surface area contributed by atoms with Gasteiger partial charge >= 0.3 is 0 Å². The van der Waals surface area contributed by atoms with Gasteiger partial charge in [-0.25, -0.2) is 9.98 Å². The Hall–Kier alpha value is -2.23. The average molecular weight is 239 g/mol. The monoisotopic (exact) mass is 239 g/mol. The molecule has 4 nitrogen and oxygen atoms in total. The largest absolute Gasteiger partial charge is 0.362 e. The minimum Gasteiger partial charge on any atom is -0.362 e. The molecule has 2 aliphatic rings. The van der Waals surface area contributed by atoms with Crippen LogP contribution in [0.3, 0.4) is 0 Å². The van der Waals surface area contributed by atoms with E-state index in [1.165, 1.54) is 6.34 Å². The third kappa shape index (κ3) is 1.66. The number of nitrogens with zero attached hydrogens (tertiary/aromatic N) is 2. The molecule has 18 heavy (non-hydrogen) atoms. The maximum atomic E-state index is 11.9. The van der Waals surface area contributed by atoms with E-state index in [0.29, 0.717) is 0 Å². The highest BCUT2D eigenvalue weighted by atomic mass is 16.1. The summed E-state index contributed by atoms with van der Waals surface area (Å²) in [6.07, 6.45) is 3.22. The number of aliphatic imine (C=N–C) groups is 2. The van der Waals surface area contributed by atoms with Crippen molar-refractivity contribution in [3.05, 3.63) is 41.5 Å². The molecule has 0 amide bonds. The van der Waals surface area contributed by atoms with Crippen molar-refractivity contribution in [1.29, 1.82) is 0 Å². The molecule has 1 aromatic carbocycles. The van der Waals surface area contributed by atoms with Crippen LogP contribution in [0.5, 0.6) is 0 Å². The number of fused-ring (bicyclic) bond motifs is 1. The van der Waals surface area contributed by atoms with E-state index in [-0.39, 0.29) is 17.9 Å². The molecular formula is C14H13N3O. The number of rotatable bonds is 2. The van der Waals surface area contributed by atoms with Crippen LogP contribution >= 0.6 is 0 Å². The summed E-state index contributed by atoms with van der Waals surface area (Å²) >= 11 is 0. The molecule has 3 rings (SSSR count). The van der Waals surface area contributed by atoms with Crippen LogP contribution in [-0.2, 0) is 4.79 Å². The van der Waals surface area contributed by atoms with Crippen molar-refractivity contribution >= 4 is 24.0 Å². The number of benzene rings is 1. The second-order valence-electron chi connectivity index (χ2n) is 4.39. The molecule has 2 aliphatic heterocycles. The number of nitrogens with one attached hydrogen (secondary N) is 1. The first-order valence-corrected chi connectivity index (χ1v) is 5.89. The van der Waals surface area contributed by atoms with Crippen LogP contribution < -0.4 is 5.32 Å². The molecule has 1 aromatic rings. The van der Waals surface area contributed by atoms with E-state index >= 15 is 0 Å². The van der Waals surface area contributed by atoms with Gasteiger partial charge in [0.05, 0.1) is 11.6 Å². The van der Waals surface area contributed by atoms with Gasteiger partial charge in [0.25, 0.3) is 0 Å². The predicted octanol–water partition coefficient (Wildman–Crippen LogP) is 1.64. The molecule has 0 saturated heterocycles. The third-order valence-electron chi connectivity index (χ3n) is 3.22. The average Bonchev–Trinajstić information content (AvgIpc) is 2.79. The molecule has 4 heteroatoms. The fourth-order valence-corrected chi connectivity index (χ4v) is 2.42. The van der Waals surface area contributed by atoms with Crippen LogP contribution in [0.1, 0.15) is 12.5 Å². The van der Waals surface area contributed by atoms with Crippen molar-refractivity contribution < 1.29 is 4.79 Å². The van der Waals surface area contributed by atoms with E-state index in [9.17, 15) is 4.79 Å². The van der Waals surface area contributed by atoms with Crippen LogP contribution in [0.2, 0.25) is 0 Å². The molecule has 2 unspecified atom stereocenters. The van der Waals surface area contributed by atoms with E-state index in [1.54, 1.807) is 13.1 Å². The number of carbonyl (C=O) groups excluding carboxylic acids is 1. The van der Waals surface area contributed by atoms with Crippen LogP contribution in [0.25, 0.3) is 5.70 Å². The summed E-state index contributed by atoms with van der Waals surface area (Å²) in [6, 6.07) is 9.86. The fourth-order valence-electron chi connectivity index (χ4n) is 2.42. The van der Waals surface area contributed by atoms with E-state index in [1.807, 2.05) is 30.3 Å². The smallest absolute Gasteiger partial charge is 0.158 e. The maximum absolute atomic E-state index is 11.9. The second kappa shape index (κ2) is 4.22. The minimum absolute atomic E-state index is 0.0530. The number of ketones is 1. The highest BCUT2D eigenvalue weighted by Crippen LogP contribution is 2.32. The van der Waals surface area contributed by atoms with Crippen LogP contribution in [-0.4, -0.2) is 24.5 Å². The summed E-state index contributed by atoms with van der Waals surface area (Å²) in [6.45, 7) is 1.59. The van der Waals surface area contributed by atoms with Gasteiger partial charge in [-0.1, -0.05) is 30.3 Å². The Morgan fingerprint density at radius 1 is 1.28 bits per heavy atom. The maximum Gasteiger partial charge on any atom is 0.158 e. The lowest BCUT2D eigenvalue weighted by molar-refractivity contribution is -0.113. The molecule has 0 radical (unpaired) electrons. The van der Waals surface area contributed by atoms with Crippen molar-refractivity contribution in [2.75, 3.05) is 0 Å². The van der Waals surface area contributed by atoms with Gasteiger partial charge in [-0.05, 0) is 12.5 Å². The highest BCUT2D eigenvalue weighted by molar-refractivity contribution is 6.06. The highest BCUT2D eigenvalue weighted by Gasteiger charge is 2.36. The van der Waals surface area contributed by atoms with E-state index in [2.05, 4.69) is 15.3 Å². The molecule has 0 aliphatic carbocycles. The van der Waals surface area contributed by atoms with E-state index in [0.717, 1.165) is 16.8 Å². The molecule has 0 saturated carbocycles. The van der Waals surface area contributed by atoms with Gasteiger partial charge in [-0.2, -0.15) is 0 Å². The zero-order valence-corrected chi connectivity index (χ0v) is 10.00. The molecule has 1 N–H and O–H groups in total. The quantitative estimate of drug-likeness (QED) is 0.853. The SMILES string of the molecule is CC(=O)C1=C(c2ccccc2)NC2N=CN=CC12. The first-order chi connectivity index (χ1) is 8.77. The standard InChI is InChI=1S/C14H13N3O/c1-9(18)12-11-7-15-8-16-14(11)17-13(12)10-5-3-2-4-6-10/h2-8,11,14,17H,1H3. The Balaban J connectivity index is 2.10. The first kappa shape index (κ1) is 10.9. The minimum atomic E-state index is -0.100. The van der Waals surface area contributed by atoms with Crippen LogP contribution in [0, 0.1) is 5.92 Å². The topological polar surface area (TPSA) is 53.8 Å². The molecule has 0 bridgehead atoms. The fraction of sp³-hybridized carbons (Fsp3) is 0.214. The van der Waals surface area contributed by atoms with Crippen molar-refractivity contribution in [3.8, 4) is 0 Å². The molecule has 90 valence electrons. The normalized spacial score (nSPS) is 24.9. The Morgan fingerprint density at radius 3 is 2.78 bits per heavy atom. The third-order valence-corrected chi connectivity index (χ3v) is 3.22. The summed E-state index contributed by atoms with van der Waals surface area (Å²) in [5, 5.41) is 3.31. The van der Waals surface area contributed by atoms with Crippen molar-refractivity contribution in [3.63, 3.8) is 0 Å². The summed E-state index contributed by atoms with van der Waals surface area (Å²) in [5.41, 5.74) is 2.66. The van der Waals surface area contributed by atoms with Crippen molar-refractivity contribution in [2.24, 2.45) is 15.9 Å². The first-order valence-electron chi connectivity index (χ1n) is 5.89. The Bertz CT molecular complexity index is 572. The Labute approximate surface area is 105 Å². The van der Waals surface area contributed by atoms with Crippen molar-refractivity contribution in [1.82, 2.24) is 5.32 Å². The van der Waals surface area contributed by atoms with Gasteiger partial charge in [0.15, 0.2) is 5.78 Å². The van der Waals surface area contributed by atoms with Gasteiger partial charge < -0.3 is 5.32 Å². The number of carbonyl (C=O) groups is 1. The summed E-state index contributed by atoms with van der Waals surface area (Å²) in [4.78, 5) is 20.2. The second-order valence-corrected chi connectivity index (χ2v) is 4.39. The number of hydrogen-bond donors (Lipinski definition) is 1. The summed E-state index contributed by atoms with van der Waals surface area (Å²) < 4.78 is 0. The lowest BCUT2D eigenvalue weighted by Crippen LogP contribution is -2.30. The zero-order valence-electron chi connectivity index (χ0n) is 10.00. The molecule has 0 aromatic heterocycles. The number of hydrogen-bond acceptors (Lipinski definition) is 4. The van der Waals surface area contributed by atoms with Gasteiger partial charge in [-0.3, -0.25) is 4.79 Å². The Kier molecular flexibility index (Phi) is 2.55. The van der Waals surface area contributed by atoms with Crippen LogP contribution in [0.15, 0.2) is 45.9 Å². The van der Waals surface area contributed by atoms with E-state index in [4.69, 9.17) is 0 Å². The molecule has 2 heterocycles. The zero-order chi connectivity index (χ0) is 12.5.